The van der Waals surface area contributed by atoms with Gasteiger partial charge in [-0.25, -0.2) is 0 Å². The van der Waals surface area contributed by atoms with E-state index in [1.807, 2.05) is 48.5 Å². The summed E-state index contributed by atoms with van der Waals surface area (Å²) in [6.45, 7) is 0. The minimum Gasteiger partial charge on any atom is -0.312 e. The first-order valence-corrected chi connectivity index (χ1v) is 4.45. The van der Waals surface area contributed by atoms with Crippen LogP contribution in [0.5, 0.6) is 0 Å². The van der Waals surface area contributed by atoms with Crippen molar-refractivity contribution in [3.8, 4) is 6.07 Å². The van der Waals surface area contributed by atoms with E-state index in [0.29, 0.717) is 0 Å². The minimum atomic E-state index is -0.528. The molecule has 1 atom stereocenters. The average Bonchev–Trinajstić information content (AvgIpc) is 2.27. The fraction of sp³-hybridized carbons (Fsp3) is 0.0833. The molecule has 0 heterocycles. The van der Waals surface area contributed by atoms with E-state index in [4.69, 9.17) is 11.0 Å². The molecule has 0 aliphatic rings. The molecule has 15 heavy (non-hydrogen) atoms. The third-order valence-electron chi connectivity index (χ3n) is 2.27. The highest BCUT2D eigenvalue weighted by molar-refractivity contribution is 5.85. The summed E-state index contributed by atoms with van der Waals surface area (Å²) in [6, 6.07) is 15.4. The van der Waals surface area contributed by atoms with Gasteiger partial charge < -0.3 is 5.73 Å². The van der Waals surface area contributed by atoms with E-state index in [2.05, 4.69) is 0 Å². The Hall–Kier alpha value is -1.56. The number of nitrogens with zero attached hydrogens (tertiary/aromatic N) is 1. The monoisotopic (exact) mass is 218 g/mol. The van der Waals surface area contributed by atoms with E-state index in [1.165, 1.54) is 5.39 Å². The molecule has 0 aliphatic heterocycles. The third kappa shape index (κ3) is 2.27. The first-order chi connectivity index (χ1) is 6.81. The van der Waals surface area contributed by atoms with Crippen LogP contribution in [-0.4, -0.2) is 0 Å². The summed E-state index contributed by atoms with van der Waals surface area (Å²) in [5.41, 5.74) is 6.49. The molecule has 2 N–H and O–H groups in total. The van der Waals surface area contributed by atoms with Gasteiger partial charge in [0.05, 0.1) is 6.07 Å². The van der Waals surface area contributed by atoms with Crippen molar-refractivity contribution in [2.45, 2.75) is 6.04 Å². The quantitative estimate of drug-likeness (QED) is 0.800. The molecule has 0 bridgehead atoms. The van der Waals surface area contributed by atoms with Crippen LogP contribution in [0.1, 0.15) is 11.6 Å². The van der Waals surface area contributed by atoms with Crippen LogP contribution in [0.2, 0.25) is 0 Å². The Bertz CT molecular complexity index is 502. The van der Waals surface area contributed by atoms with Gasteiger partial charge in [-0.05, 0) is 22.4 Å². The molecule has 0 saturated heterocycles. The van der Waals surface area contributed by atoms with Crippen LogP contribution in [0.15, 0.2) is 42.5 Å². The van der Waals surface area contributed by atoms with Gasteiger partial charge in [0, 0.05) is 0 Å². The number of hydrogen-bond donors (Lipinski definition) is 1. The summed E-state index contributed by atoms with van der Waals surface area (Å²) in [6.07, 6.45) is 0. The second-order valence-electron chi connectivity index (χ2n) is 3.21. The Balaban J connectivity index is 0.00000112. The molecular weight excluding hydrogens is 208 g/mol. The maximum atomic E-state index is 8.69. The van der Waals surface area contributed by atoms with Crippen molar-refractivity contribution < 1.29 is 0 Å². The lowest BCUT2D eigenvalue weighted by Gasteiger charge is -2.04. The number of hydrogen-bond acceptors (Lipinski definition) is 2. The number of fused-ring (bicyclic) bond motifs is 1. The highest BCUT2D eigenvalue weighted by Crippen LogP contribution is 2.18. The SMILES string of the molecule is Cl.N#CC(N)c1ccc2ccccc2c1. The second kappa shape index (κ2) is 4.79. The van der Waals surface area contributed by atoms with Gasteiger partial charge in [-0.15, -0.1) is 12.4 Å². The summed E-state index contributed by atoms with van der Waals surface area (Å²) < 4.78 is 0. The summed E-state index contributed by atoms with van der Waals surface area (Å²) >= 11 is 0. The molecule has 0 aliphatic carbocycles. The summed E-state index contributed by atoms with van der Waals surface area (Å²) in [5.74, 6) is 0. The average molecular weight is 219 g/mol. The first-order valence-electron chi connectivity index (χ1n) is 4.45. The Labute approximate surface area is 94.7 Å². The van der Waals surface area contributed by atoms with Crippen molar-refractivity contribution in [2.24, 2.45) is 5.73 Å². The Morgan fingerprint density at radius 2 is 1.73 bits per heavy atom. The number of benzene rings is 2. The molecule has 2 nitrogen and oxygen atoms in total. The zero-order chi connectivity index (χ0) is 9.97. The predicted molar refractivity (Wildman–Crippen MR) is 63.7 cm³/mol. The van der Waals surface area contributed by atoms with Crippen LogP contribution < -0.4 is 5.73 Å². The maximum absolute atomic E-state index is 8.69. The largest absolute Gasteiger partial charge is 0.312 e. The van der Waals surface area contributed by atoms with Gasteiger partial charge in [0.25, 0.3) is 0 Å². The number of halogens is 1. The highest BCUT2D eigenvalue weighted by atomic mass is 35.5. The molecule has 2 aromatic carbocycles. The topological polar surface area (TPSA) is 49.8 Å². The second-order valence-corrected chi connectivity index (χ2v) is 3.21. The van der Waals surface area contributed by atoms with Crippen molar-refractivity contribution in [1.29, 1.82) is 5.26 Å². The van der Waals surface area contributed by atoms with Crippen molar-refractivity contribution in [1.82, 2.24) is 0 Å². The molecule has 0 radical (unpaired) electrons. The lowest BCUT2D eigenvalue weighted by molar-refractivity contribution is 0.929. The molecule has 0 fully saturated rings. The van der Waals surface area contributed by atoms with Crippen molar-refractivity contribution in [3.63, 3.8) is 0 Å². The Morgan fingerprint density at radius 1 is 1.07 bits per heavy atom. The summed E-state index contributed by atoms with van der Waals surface area (Å²) in [7, 11) is 0. The molecule has 2 rings (SSSR count). The zero-order valence-electron chi connectivity index (χ0n) is 8.05. The van der Waals surface area contributed by atoms with Crippen molar-refractivity contribution in [2.75, 3.05) is 0 Å². The van der Waals surface area contributed by atoms with Crippen LogP contribution in [0.25, 0.3) is 10.8 Å². The van der Waals surface area contributed by atoms with Gasteiger partial charge in [-0.2, -0.15) is 5.26 Å². The fourth-order valence-corrected chi connectivity index (χ4v) is 1.48. The first kappa shape index (κ1) is 11.5. The van der Waals surface area contributed by atoms with Gasteiger partial charge >= 0.3 is 0 Å². The molecule has 76 valence electrons. The predicted octanol–water partition coefficient (Wildman–Crippen LogP) is 2.78. The summed E-state index contributed by atoms with van der Waals surface area (Å²) in [4.78, 5) is 0. The smallest absolute Gasteiger partial charge is 0.118 e. The lowest BCUT2D eigenvalue weighted by Crippen LogP contribution is -2.06. The van der Waals surface area contributed by atoms with Crippen LogP contribution in [0, 0.1) is 11.3 Å². The maximum Gasteiger partial charge on any atom is 0.118 e. The van der Waals surface area contributed by atoms with E-state index < -0.39 is 6.04 Å². The lowest BCUT2D eigenvalue weighted by atomic mass is 10.0. The van der Waals surface area contributed by atoms with E-state index in [9.17, 15) is 0 Å². The highest BCUT2D eigenvalue weighted by Gasteiger charge is 2.03. The Morgan fingerprint density at radius 3 is 2.40 bits per heavy atom. The third-order valence-corrected chi connectivity index (χ3v) is 2.27. The number of nitriles is 1. The Kier molecular flexibility index (Phi) is 3.68. The number of rotatable bonds is 1. The van der Waals surface area contributed by atoms with E-state index in [0.717, 1.165) is 10.9 Å². The zero-order valence-corrected chi connectivity index (χ0v) is 8.87. The van der Waals surface area contributed by atoms with Gasteiger partial charge in [-0.3, -0.25) is 0 Å². The molecule has 2 aromatic rings. The van der Waals surface area contributed by atoms with Gasteiger partial charge in [0.15, 0.2) is 0 Å². The molecule has 3 heteroatoms. The van der Waals surface area contributed by atoms with Crippen LogP contribution in [-0.2, 0) is 0 Å². The van der Waals surface area contributed by atoms with Gasteiger partial charge in [0.2, 0.25) is 0 Å². The molecule has 0 amide bonds. The van der Waals surface area contributed by atoms with Crippen LogP contribution in [0.4, 0.5) is 0 Å². The minimum absolute atomic E-state index is 0. The van der Waals surface area contributed by atoms with E-state index in [-0.39, 0.29) is 12.4 Å². The van der Waals surface area contributed by atoms with E-state index >= 15 is 0 Å². The van der Waals surface area contributed by atoms with Gasteiger partial charge in [0.1, 0.15) is 6.04 Å². The van der Waals surface area contributed by atoms with Crippen LogP contribution >= 0.6 is 12.4 Å². The van der Waals surface area contributed by atoms with E-state index in [1.54, 1.807) is 0 Å². The standard InChI is InChI=1S/C12H10N2.ClH/c13-8-12(14)11-6-5-9-3-1-2-4-10(9)7-11;/h1-7,12H,14H2;1H. The molecular formula is C12H11ClN2. The fourth-order valence-electron chi connectivity index (χ4n) is 1.48. The van der Waals surface area contributed by atoms with Crippen molar-refractivity contribution >= 4 is 23.2 Å². The van der Waals surface area contributed by atoms with Crippen LogP contribution in [0.3, 0.4) is 0 Å². The molecule has 0 saturated carbocycles. The molecule has 0 spiro atoms. The number of nitrogens with two attached hydrogens (primary N) is 1. The van der Waals surface area contributed by atoms with Crippen molar-refractivity contribution in [3.05, 3.63) is 48.0 Å². The normalized spacial score (nSPS) is 11.5. The van der Waals surface area contributed by atoms with Gasteiger partial charge in [-0.1, -0.05) is 36.4 Å². The molecule has 0 aromatic heterocycles. The molecule has 1 unspecified atom stereocenters. The summed E-state index contributed by atoms with van der Waals surface area (Å²) in [5, 5.41) is 11.0.